The van der Waals surface area contributed by atoms with E-state index in [1.54, 1.807) is 0 Å². The van der Waals surface area contributed by atoms with Crippen LogP contribution in [0.2, 0.25) is 0 Å². The monoisotopic (exact) mass is 366 g/mol. The number of halogens is 1. The van der Waals surface area contributed by atoms with E-state index in [1.807, 2.05) is 18.2 Å². The maximum absolute atomic E-state index is 12.9. The summed E-state index contributed by atoms with van der Waals surface area (Å²) in [7, 11) is 0. The normalized spacial score (nSPS) is 20.5. The first-order chi connectivity index (χ1) is 11.8. The van der Waals surface area contributed by atoms with Crippen LogP contribution >= 0.6 is 12.4 Å². The Kier molecular flexibility index (Phi) is 8.73. The van der Waals surface area contributed by atoms with Gasteiger partial charge in [-0.2, -0.15) is 0 Å². The number of ether oxygens (including phenoxy) is 1. The minimum absolute atomic E-state index is 0. The first-order valence-corrected chi connectivity index (χ1v) is 9.47. The molecule has 1 heterocycles. The van der Waals surface area contributed by atoms with Crippen molar-refractivity contribution in [1.82, 2.24) is 10.2 Å². The molecule has 1 aromatic carbocycles. The van der Waals surface area contributed by atoms with E-state index in [4.69, 9.17) is 4.74 Å². The van der Waals surface area contributed by atoms with Crippen LogP contribution in [0.25, 0.3) is 0 Å². The van der Waals surface area contributed by atoms with Crippen LogP contribution in [0.1, 0.15) is 43.6 Å². The molecule has 0 bridgehead atoms. The number of nitrogens with one attached hydrogen (secondary N) is 1. The number of hydrogen-bond donors (Lipinski definition) is 1. The molecule has 5 heteroatoms. The highest BCUT2D eigenvalue weighted by atomic mass is 35.5. The Bertz CT molecular complexity index is 500. The molecule has 25 heavy (non-hydrogen) atoms. The summed E-state index contributed by atoms with van der Waals surface area (Å²) in [6, 6.07) is 10.3. The Labute approximate surface area is 157 Å². The van der Waals surface area contributed by atoms with E-state index < -0.39 is 0 Å². The molecule has 0 aromatic heterocycles. The third-order valence-electron chi connectivity index (χ3n) is 5.39. The lowest BCUT2D eigenvalue weighted by Gasteiger charge is -2.30. The zero-order valence-electron chi connectivity index (χ0n) is 15.0. The molecule has 1 amide bonds. The second kappa shape index (κ2) is 10.8. The molecule has 1 aliphatic heterocycles. The largest absolute Gasteiger partial charge is 0.379 e. The van der Waals surface area contributed by atoms with Crippen molar-refractivity contribution in [1.29, 1.82) is 0 Å². The van der Waals surface area contributed by atoms with E-state index in [0.717, 1.165) is 39.4 Å². The van der Waals surface area contributed by atoms with Gasteiger partial charge >= 0.3 is 0 Å². The zero-order chi connectivity index (χ0) is 16.6. The predicted octanol–water partition coefficient (Wildman–Crippen LogP) is 3.22. The number of hydrogen-bond acceptors (Lipinski definition) is 3. The molecule has 1 N–H and O–H groups in total. The molecule has 1 aromatic rings. The molecule has 3 rings (SSSR count). The van der Waals surface area contributed by atoms with Gasteiger partial charge in [0.1, 0.15) is 0 Å². The predicted molar refractivity (Wildman–Crippen MR) is 103 cm³/mol. The van der Waals surface area contributed by atoms with Gasteiger partial charge in [0, 0.05) is 26.2 Å². The summed E-state index contributed by atoms with van der Waals surface area (Å²) in [5.74, 6) is 0.710. The second-order valence-corrected chi connectivity index (χ2v) is 7.03. The van der Waals surface area contributed by atoms with Crippen LogP contribution in [0.15, 0.2) is 30.3 Å². The molecular formula is C20H31ClN2O2. The van der Waals surface area contributed by atoms with Gasteiger partial charge in [-0.1, -0.05) is 49.6 Å². The molecular weight excluding hydrogens is 336 g/mol. The topological polar surface area (TPSA) is 41.6 Å². The highest BCUT2D eigenvalue weighted by molar-refractivity contribution is 5.85. The summed E-state index contributed by atoms with van der Waals surface area (Å²) >= 11 is 0. The van der Waals surface area contributed by atoms with Crippen molar-refractivity contribution in [3.05, 3.63) is 35.9 Å². The Balaban J connectivity index is 0.00000225. The van der Waals surface area contributed by atoms with E-state index in [9.17, 15) is 4.79 Å². The molecule has 1 aliphatic carbocycles. The van der Waals surface area contributed by atoms with Gasteiger partial charge in [-0.3, -0.25) is 9.69 Å². The molecule has 1 saturated carbocycles. The van der Waals surface area contributed by atoms with Gasteiger partial charge in [0.05, 0.1) is 19.1 Å². The number of nitrogens with zero attached hydrogens (tertiary/aromatic N) is 1. The van der Waals surface area contributed by atoms with Crippen LogP contribution in [0.4, 0.5) is 0 Å². The maximum Gasteiger partial charge on any atom is 0.227 e. The van der Waals surface area contributed by atoms with Crippen molar-refractivity contribution in [2.24, 2.45) is 5.92 Å². The molecule has 140 valence electrons. The number of carbonyl (C=O) groups excluding carboxylic acids is 1. The number of amides is 1. The van der Waals surface area contributed by atoms with Gasteiger partial charge in [-0.05, 0) is 24.3 Å². The minimum atomic E-state index is 0. The lowest BCUT2D eigenvalue weighted by molar-refractivity contribution is -0.124. The number of benzene rings is 1. The van der Waals surface area contributed by atoms with Gasteiger partial charge in [0.2, 0.25) is 5.91 Å². The van der Waals surface area contributed by atoms with E-state index in [0.29, 0.717) is 5.92 Å². The zero-order valence-corrected chi connectivity index (χ0v) is 15.8. The summed E-state index contributed by atoms with van der Waals surface area (Å²) in [5.41, 5.74) is 1.17. The molecule has 1 unspecified atom stereocenters. The van der Waals surface area contributed by atoms with E-state index in [2.05, 4.69) is 22.3 Å². The van der Waals surface area contributed by atoms with Crippen molar-refractivity contribution >= 4 is 18.3 Å². The van der Waals surface area contributed by atoms with Crippen LogP contribution in [0.5, 0.6) is 0 Å². The third kappa shape index (κ3) is 5.98. The molecule has 2 fully saturated rings. The molecule has 1 atom stereocenters. The Morgan fingerprint density at radius 1 is 1.12 bits per heavy atom. The maximum atomic E-state index is 12.9. The fraction of sp³-hybridized carbons (Fsp3) is 0.650. The van der Waals surface area contributed by atoms with Crippen LogP contribution in [0.3, 0.4) is 0 Å². The number of morpholine rings is 1. The number of rotatable bonds is 6. The highest BCUT2D eigenvalue weighted by Gasteiger charge is 2.30. The SMILES string of the molecule is Cl.O=C(NCCN1CCOCC1)C(c1ccccc1)C1CCCCC1. The van der Waals surface area contributed by atoms with Crippen LogP contribution in [0, 0.1) is 5.92 Å². The van der Waals surface area contributed by atoms with Crippen LogP contribution in [-0.4, -0.2) is 50.2 Å². The fourth-order valence-electron chi connectivity index (χ4n) is 4.04. The highest BCUT2D eigenvalue weighted by Crippen LogP contribution is 2.36. The van der Waals surface area contributed by atoms with Crippen LogP contribution < -0.4 is 5.32 Å². The second-order valence-electron chi connectivity index (χ2n) is 7.03. The Hall–Kier alpha value is -1.10. The lowest BCUT2D eigenvalue weighted by atomic mass is 9.76. The quantitative estimate of drug-likeness (QED) is 0.840. The van der Waals surface area contributed by atoms with Crippen molar-refractivity contribution in [3.63, 3.8) is 0 Å². The number of carbonyl (C=O) groups is 1. The summed E-state index contributed by atoms with van der Waals surface area (Å²) < 4.78 is 5.37. The molecule has 0 radical (unpaired) electrons. The van der Waals surface area contributed by atoms with Gasteiger partial charge < -0.3 is 10.1 Å². The van der Waals surface area contributed by atoms with E-state index in [-0.39, 0.29) is 24.2 Å². The summed E-state index contributed by atoms with van der Waals surface area (Å²) in [6.45, 7) is 5.21. The Morgan fingerprint density at radius 2 is 1.80 bits per heavy atom. The fourth-order valence-corrected chi connectivity index (χ4v) is 4.04. The van der Waals surface area contributed by atoms with E-state index >= 15 is 0 Å². The summed E-state index contributed by atoms with van der Waals surface area (Å²) in [4.78, 5) is 15.3. The lowest BCUT2D eigenvalue weighted by Crippen LogP contribution is -2.43. The van der Waals surface area contributed by atoms with Gasteiger partial charge in [-0.25, -0.2) is 0 Å². The first kappa shape index (κ1) is 20.2. The van der Waals surface area contributed by atoms with Gasteiger partial charge in [0.25, 0.3) is 0 Å². The standard InChI is InChI=1S/C20H30N2O2.ClH/c23-20(21-11-12-22-13-15-24-16-14-22)19(17-7-3-1-4-8-17)18-9-5-2-6-10-18;/h1,3-4,7-8,18-19H,2,5-6,9-16H2,(H,21,23);1H. The molecule has 1 saturated heterocycles. The third-order valence-corrected chi connectivity index (χ3v) is 5.39. The van der Waals surface area contributed by atoms with Crippen molar-refractivity contribution < 1.29 is 9.53 Å². The van der Waals surface area contributed by atoms with Crippen LogP contribution in [-0.2, 0) is 9.53 Å². The summed E-state index contributed by atoms with van der Waals surface area (Å²) in [6.07, 6.45) is 6.19. The summed E-state index contributed by atoms with van der Waals surface area (Å²) in [5, 5.41) is 3.20. The van der Waals surface area contributed by atoms with E-state index in [1.165, 1.54) is 37.7 Å². The molecule has 4 nitrogen and oxygen atoms in total. The molecule has 2 aliphatic rings. The Morgan fingerprint density at radius 3 is 2.48 bits per heavy atom. The van der Waals surface area contributed by atoms with Crippen molar-refractivity contribution in [3.8, 4) is 0 Å². The van der Waals surface area contributed by atoms with Crippen molar-refractivity contribution in [2.75, 3.05) is 39.4 Å². The minimum Gasteiger partial charge on any atom is -0.379 e. The molecule has 0 spiro atoms. The smallest absolute Gasteiger partial charge is 0.227 e. The first-order valence-electron chi connectivity index (χ1n) is 9.47. The van der Waals surface area contributed by atoms with Gasteiger partial charge in [-0.15, -0.1) is 12.4 Å². The average Bonchev–Trinajstić information content (AvgIpc) is 2.65. The average molecular weight is 367 g/mol. The van der Waals surface area contributed by atoms with Gasteiger partial charge in [0.15, 0.2) is 0 Å². The van der Waals surface area contributed by atoms with Crippen molar-refractivity contribution in [2.45, 2.75) is 38.0 Å².